The van der Waals surface area contributed by atoms with E-state index in [1.165, 1.54) is 0 Å². The molecule has 0 radical (unpaired) electrons. The third-order valence-electron chi connectivity index (χ3n) is 3.56. The molecule has 1 atom stereocenters. The van der Waals surface area contributed by atoms with Crippen LogP contribution in [0.25, 0.3) is 0 Å². The van der Waals surface area contributed by atoms with Crippen molar-refractivity contribution in [3.63, 3.8) is 0 Å². The minimum absolute atomic E-state index is 0.151. The number of anilines is 1. The summed E-state index contributed by atoms with van der Waals surface area (Å²) in [6.45, 7) is 2.61. The Balaban J connectivity index is 1.97. The molecule has 4 N–H and O–H groups in total. The van der Waals surface area contributed by atoms with E-state index < -0.39 is 6.04 Å². The summed E-state index contributed by atoms with van der Waals surface area (Å²) in [5.74, 6) is -0.425. The maximum Gasteiger partial charge on any atom is 0.251 e. The molecule has 2 rings (SSSR count). The Morgan fingerprint density at radius 1 is 1.08 bits per heavy atom. The topological polar surface area (TPSA) is 84.2 Å². The summed E-state index contributed by atoms with van der Waals surface area (Å²) in [5.41, 5.74) is 8.05. The maximum absolute atomic E-state index is 12.2. The van der Waals surface area contributed by atoms with E-state index >= 15 is 0 Å². The molecule has 0 heterocycles. The van der Waals surface area contributed by atoms with E-state index in [-0.39, 0.29) is 11.8 Å². The van der Waals surface area contributed by atoms with E-state index in [0.29, 0.717) is 24.2 Å². The van der Waals surface area contributed by atoms with Gasteiger partial charge >= 0.3 is 0 Å². The number of carbonyl (C=O) groups is 2. The number of hydrogen-bond donors (Lipinski definition) is 3. The van der Waals surface area contributed by atoms with Crippen molar-refractivity contribution in [1.29, 1.82) is 0 Å². The molecule has 0 saturated carbocycles. The first kappa shape index (κ1) is 17.7. The lowest BCUT2D eigenvalue weighted by atomic mass is 10.1. The van der Waals surface area contributed by atoms with Crippen LogP contribution in [0.1, 0.15) is 29.3 Å². The van der Waals surface area contributed by atoms with Gasteiger partial charge in [0.1, 0.15) is 0 Å². The molecule has 0 aliphatic carbocycles. The van der Waals surface area contributed by atoms with Crippen LogP contribution in [0.2, 0.25) is 0 Å². The molecular formula is C19H23N3O2. The van der Waals surface area contributed by atoms with Crippen molar-refractivity contribution in [1.82, 2.24) is 5.32 Å². The summed E-state index contributed by atoms with van der Waals surface area (Å²) in [6.07, 6.45) is 1.33. The quantitative estimate of drug-likeness (QED) is 0.730. The highest BCUT2D eigenvalue weighted by molar-refractivity contribution is 5.98. The van der Waals surface area contributed by atoms with Gasteiger partial charge in [0, 0.05) is 17.8 Å². The Morgan fingerprint density at radius 3 is 2.54 bits per heavy atom. The third kappa shape index (κ3) is 5.21. The third-order valence-corrected chi connectivity index (χ3v) is 3.56. The molecule has 0 saturated heterocycles. The van der Waals surface area contributed by atoms with E-state index in [4.69, 9.17) is 5.73 Å². The lowest BCUT2D eigenvalue weighted by Crippen LogP contribution is -2.37. The number of rotatable bonds is 7. The normalized spacial score (nSPS) is 11.6. The highest BCUT2D eigenvalue weighted by Gasteiger charge is 2.15. The molecule has 5 nitrogen and oxygen atoms in total. The van der Waals surface area contributed by atoms with Gasteiger partial charge < -0.3 is 16.4 Å². The molecule has 24 heavy (non-hydrogen) atoms. The van der Waals surface area contributed by atoms with Gasteiger partial charge in [-0.05, 0) is 36.6 Å². The fourth-order valence-electron chi connectivity index (χ4n) is 2.27. The second-order valence-electron chi connectivity index (χ2n) is 5.62. The van der Waals surface area contributed by atoms with Crippen molar-refractivity contribution in [3.8, 4) is 0 Å². The number of nitrogens with two attached hydrogens (primary N) is 1. The summed E-state index contributed by atoms with van der Waals surface area (Å²) < 4.78 is 0. The predicted octanol–water partition coefficient (Wildman–Crippen LogP) is 2.33. The van der Waals surface area contributed by atoms with Gasteiger partial charge in [-0.3, -0.25) is 9.59 Å². The van der Waals surface area contributed by atoms with Gasteiger partial charge in [-0.1, -0.05) is 43.3 Å². The number of benzene rings is 2. The van der Waals surface area contributed by atoms with Crippen LogP contribution in [-0.2, 0) is 11.2 Å². The van der Waals surface area contributed by atoms with Gasteiger partial charge in [0.25, 0.3) is 5.91 Å². The Bertz CT molecular complexity index is 686. The summed E-state index contributed by atoms with van der Waals surface area (Å²) in [7, 11) is 0. The second kappa shape index (κ2) is 8.84. The van der Waals surface area contributed by atoms with E-state index in [1.54, 1.807) is 24.3 Å². The van der Waals surface area contributed by atoms with E-state index in [0.717, 1.165) is 12.0 Å². The van der Waals surface area contributed by atoms with Crippen molar-refractivity contribution in [2.24, 2.45) is 5.73 Å². The number of amides is 2. The fourth-order valence-corrected chi connectivity index (χ4v) is 2.27. The smallest absolute Gasteiger partial charge is 0.251 e. The number of nitrogens with one attached hydrogen (secondary N) is 2. The van der Waals surface area contributed by atoms with Crippen LogP contribution >= 0.6 is 0 Å². The van der Waals surface area contributed by atoms with Crippen molar-refractivity contribution in [2.75, 3.05) is 11.9 Å². The zero-order valence-corrected chi connectivity index (χ0v) is 13.8. The van der Waals surface area contributed by atoms with Crippen LogP contribution in [0.3, 0.4) is 0 Å². The first-order chi connectivity index (χ1) is 11.6. The molecule has 2 aromatic rings. The zero-order valence-electron chi connectivity index (χ0n) is 13.8. The van der Waals surface area contributed by atoms with Gasteiger partial charge in [-0.15, -0.1) is 0 Å². The number of hydrogen-bond acceptors (Lipinski definition) is 3. The molecule has 0 aliphatic heterocycles. The fraction of sp³-hybridized carbons (Fsp3) is 0.263. The Hall–Kier alpha value is -2.66. The van der Waals surface area contributed by atoms with Crippen molar-refractivity contribution < 1.29 is 9.59 Å². The zero-order chi connectivity index (χ0) is 17.4. The second-order valence-corrected chi connectivity index (χ2v) is 5.62. The van der Waals surface area contributed by atoms with Crippen LogP contribution in [0, 0.1) is 0 Å². The highest BCUT2D eigenvalue weighted by Crippen LogP contribution is 2.12. The Kier molecular flexibility index (Phi) is 6.51. The molecule has 0 aliphatic rings. The molecule has 2 amide bonds. The molecule has 0 spiro atoms. The van der Waals surface area contributed by atoms with Gasteiger partial charge in [-0.2, -0.15) is 0 Å². The Morgan fingerprint density at radius 2 is 1.83 bits per heavy atom. The first-order valence-electron chi connectivity index (χ1n) is 8.08. The minimum atomic E-state index is -0.648. The van der Waals surface area contributed by atoms with Crippen molar-refractivity contribution in [2.45, 2.75) is 25.8 Å². The van der Waals surface area contributed by atoms with E-state index in [9.17, 15) is 9.59 Å². The van der Waals surface area contributed by atoms with Crippen molar-refractivity contribution >= 4 is 17.5 Å². The van der Waals surface area contributed by atoms with Gasteiger partial charge in [-0.25, -0.2) is 0 Å². The molecule has 5 heteroatoms. The summed E-state index contributed by atoms with van der Waals surface area (Å²) in [5, 5.41) is 5.58. The van der Waals surface area contributed by atoms with Crippen LogP contribution in [0.5, 0.6) is 0 Å². The average Bonchev–Trinajstić information content (AvgIpc) is 2.60. The Labute approximate surface area is 142 Å². The van der Waals surface area contributed by atoms with Crippen molar-refractivity contribution in [3.05, 3.63) is 65.7 Å². The predicted molar refractivity (Wildman–Crippen MR) is 95.8 cm³/mol. The monoisotopic (exact) mass is 325 g/mol. The molecule has 126 valence electrons. The van der Waals surface area contributed by atoms with Crippen LogP contribution in [-0.4, -0.2) is 24.4 Å². The van der Waals surface area contributed by atoms with Crippen LogP contribution < -0.4 is 16.4 Å². The van der Waals surface area contributed by atoms with E-state index in [1.807, 2.05) is 37.3 Å². The molecule has 2 aromatic carbocycles. The van der Waals surface area contributed by atoms with Gasteiger partial charge in [0.15, 0.2) is 0 Å². The lowest BCUT2D eigenvalue weighted by molar-refractivity contribution is -0.117. The first-order valence-corrected chi connectivity index (χ1v) is 8.08. The van der Waals surface area contributed by atoms with Crippen LogP contribution in [0.15, 0.2) is 54.6 Å². The summed E-state index contributed by atoms with van der Waals surface area (Å²) in [4.78, 5) is 24.2. The summed E-state index contributed by atoms with van der Waals surface area (Å²) >= 11 is 0. The largest absolute Gasteiger partial charge is 0.352 e. The standard InChI is InChI=1S/C19H23N3O2/c1-2-11-21-18(23)15-9-6-10-16(13-15)22-19(24)17(20)12-14-7-4-3-5-8-14/h3-10,13,17H,2,11-12,20H2,1H3,(H,21,23)(H,22,24). The highest BCUT2D eigenvalue weighted by atomic mass is 16.2. The SMILES string of the molecule is CCCNC(=O)c1cccc(NC(=O)C(N)Cc2ccccc2)c1. The minimum Gasteiger partial charge on any atom is -0.352 e. The average molecular weight is 325 g/mol. The van der Waals surface area contributed by atoms with Crippen LogP contribution in [0.4, 0.5) is 5.69 Å². The molecule has 0 fully saturated rings. The van der Waals surface area contributed by atoms with E-state index in [2.05, 4.69) is 10.6 Å². The molecule has 0 bridgehead atoms. The lowest BCUT2D eigenvalue weighted by Gasteiger charge is -2.13. The summed E-state index contributed by atoms with van der Waals surface area (Å²) in [6, 6.07) is 15.8. The van der Waals surface area contributed by atoms with Gasteiger partial charge in [0.05, 0.1) is 6.04 Å². The van der Waals surface area contributed by atoms with Gasteiger partial charge in [0.2, 0.25) is 5.91 Å². The molecule has 0 aromatic heterocycles. The maximum atomic E-state index is 12.2. The molecule has 1 unspecified atom stereocenters. The number of carbonyl (C=O) groups excluding carboxylic acids is 2. The molecular weight excluding hydrogens is 302 g/mol.